The number of carbonyl (C=O) groups is 6. The van der Waals surface area contributed by atoms with Gasteiger partial charge in [0, 0.05) is 0 Å². The smallest absolute Gasteiger partial charge is 0.289 e. The van der Waals surface area contributed by atoms with Gasteiger partial charge < -0.3 is 0 Å². The number of alkyl halides is 18. The zero-order valence-electron chi connectivity index (χ0n) is 17.8. The van der Waals surface area contributed by atoms with Crippen LogP contribution in [0.5, 0.6) is 0 Å². The van der Waals surface area contributed by atoms with Crippen molar-refractivity contribution < 1.29 is 108 Å². The van der Waals surface area contributed by atoms with Crippen LogP contribution in [0.25, 0.3) is 0 Å². The van der Waals surface area contributed by atoms with E-state index in [-0.39, 0.29) is 26.2 Å². The van der Waals surface area contributed by atoms with Crippen LogP contribution in [-0.4, -0.2) is 98.0 Å². The molecule has 0 saturated heterocycles. The maximum Gasteiger partial charge on any atom is 3.00 e. The van der Waals surface area contributed by atoms with Gasteiger partial charge in [-0.3, -0.25) is 28.8 Å². The molecule has 25 heteroatoms. The summed E-state index contributed by atoms with van der Waals surface area (Å²) < 4.78 is 204. The summed E-state index contributed by atoms with van der Waals surface area (Å²) in [5, 5.41) is 0. The van der Waals surface area contributed by atoms with Crippen LogP contribution < -0.4 is 0 Å². The van der Waals surface area contributed by atoms with E-state index in [4.69, 9.17) is 0 Å². The second kappa shape index (κ2) is 15.6. The monoisotopic (exact) mass is 833 g/mol. The molecule has 0 aromatic carbocycles. The summed E-state index contributed by atoms with van der Waals surface area (Å²) >= 11 is 0. The van der Waals surface area contributed by atoms with Crippen LogP contribution in [0, 0.1) is 0 Å². The normalized spacial score (nSPS) is 12.4. The van der Waals surface area contributed by atoms with Crippen molar-refractivity contribution in [3.8, 4) is 0 Å². The largest absolute Gasteiger partial charge is 3.00 e. The van der Waals surface area contributed by atoms with Gasteiger partial charge in [-0.1, -0.05) is 0 Å². The number of hydrogen-bond donors (Lipinski definition) is 0. The van der Waals surface area contributed by atoms with Crippen molar-refractivity contribution in [2.75, 3.05) is 0 Å². The van der Waals surface area contributed by atoms with Crippen molar-refractivity contribution in [3.05, 3.63) is 0 Å². The second-order valence-electron chi connectivity index (χ2n) is 6.06. The molecule has 0 aliphatic carbocycles. The maximum absolute atomic E-state index is 11.3. The molecular formula is C15H6BiF18O6+3. The first-order valence-electron chi connectivity index (χ1n) is 8.25. The van der Waals surface area contributed by atoms with E-state index < -0.39 is 91.0 Å². The zero-order chi connectivity index (χ0) is 32.6. The Balaban J connectivity index is -0.000000240. The van der Waals surface area contributed by atoms with E-state index in [1.54, 1.807) is 0 Å². The molecule has 230 valence electrons. The van der Waals surface area contributed by atoms with E-state index in [9.17, 15) is 108 Å². The number of ketones is 6. The second-order valence-corrected chi connectivity index (χ2v) is 6.06. The van der Waals surface area contributed by atoms with Crippen LogP contribution in [0.2, 0.25) is 0 Å². The molecule has 0 fully saturated rings. The predicted molar refractivity (Wildman–Crippen MR) is 86.0 cm³/mol. The molecule has 0 unspecified atom stereocenters. The molecule has 40 heavy (non-hydrogen) atoms. The van der Waals surface area contributed by atoms with Gasteiger partial charge in [0.1, 0.15) is 0 Å². The first kappa shape index (κ1) is 44.7. The zero-order valence-corrected chi connectivity index (χ0v) is 21.3. The van der Waals surface area contributed by atoms with E-state index in [1.807, 2.05) is 0 Å². The fourth-order valence-corrected chi connectivity index (χ4v) is 1.04. The van der Waals surface area contributed by atoms with Crippen LogP contribution in [-0.2, 0) is 28.8 Å². The molecule has 0 N–H and O–H groups in total. The van der Waals surface area contributed by atoms with E-state index in [0.717, 1.165) is 0 Å². The minimum Gasteiger partial charge on any atom is -0.289 e. The first-order chi connectivity index (χ1) is 16.6. The van der Waals surface area contributed by atoms with Crippen LogP contribution in [0.1, 0.15) is 19.3 Å². The van der Waals surface area contributed by atoms with Crippen molar-refractivity contribution in [2.45, 2.75) is 56.3 Å². The quantitative estimate of drug-likeness (QED) is 0.222. The molecule has 0 aromatic rings. The molecule has 0 heterocycles. The molecule has 0 aromatic heterocycles. The summed E-state index contributed by atoms with van der Waals surface area (Å²) in [6, 6.07) is 0. The maximum atomic E-state index is 11.3. The first-order valence-corrected chi connectivity index (χ1v) is 8.25. The van der Waals surface area contributed by atoms with Gasteiger partial charge in [-0.25, -0.2) is 0 Å². The molecule has 0 aliphatic rings. The Bertz CT molecular complexity index is 726. The summed E-state index contributed by atoms with van der Waals surface area (Å²) in [5.41, 5.74) is 0. The molecule has 6 nitrogen and oxygen atoms in total. The molecule has 0 saturated carbocycles. The van der Waals surface area contributed by atoms with Crippen LogP contribution in [0.15, 0.2) is 0 Å². The predicted octanol–water partition coefficient (Wildman–Crippen LogP) is 4.54. The molecule has 2 radical (unpaired) electrons. The average Bonchev–Trinajstić information content (AvgIpc) is 2.64. The number of rotatable bonds is 6. The minimum atomic E-state index is -5.40. The van der Waals surface area contributed by atoms with Crippen molar-refractivity contribution >= 4 is 60.9 Å². The average molecular weight is 833 g/mol. The third kappa shape index (κ3) is 20.5. The Morgan fingerprint density at radius 3 is 0.400 bits per heavy atom. The van der Waals surface area contributed by atoms with Crippen LogP contribution in [0.3, 0.4) is 0 Å². The van der Waals surface area contributed by atoms with Crippen molar-refractivity contribution in [3.63, 3.8) is 0 Å². The Kier molecular flexibility index (Phi) is 17.4. The fraction of sp³-hybridized carbons (Fsp3) is 0.600. The van der Waals surface area contributed by atoms with Gasteiger partial charge in [0.15, 0.2) is 0 Å². The van der Waals surface area contributed by atoms with Gasteiger partial charge in [-0.05, 0) is 0 Å². The number of hydrogen-bond acceptors (Lipinski definition) is 6. The summed E-state index contributed by atoms with van der Waals surface area (Å²) in [6.07, 6.45) is -39.0. The molecule has 0 aliphatic heterocycles. The van der Waals surface area contributed by atoms with E-state index in [0.29, 0.717) is 0 Å². The summed E-state index contributed by atoms with van der Waals surface area (Å²) in [4.78, 5) is 59.3. The van der Waals surface area contributed by atoms with Crippen molar-refractivity contribution in [2.24, 2.45) is 0 Å². The SMILES string of the molecule is O=C(CC(=O)C(F)(F)F)C(F)(F)F.O=C(CC(=O)C(F)(F)F)C(F)(F)F.O=C(CC(=O)C(F)(F)F)C(F)(F)F.[Bi+3]. The third-order valence-electron chi connectivity index (χ3n) is 2.86. The van der Waals surface area contributed by atoms with Gasteiger partial charge in [-0.15, -0.1) is 0 Å². The Morgan fingerprint density at radius 1 is 0.275 bits per heavy atom. The number of halogens is 18. The van der Waals surface area contributed by atoms with Gasteiger partial charge in [0.05, 0.1) is 19.3 Å². The van der Waals surface area contributed by atoms with Gasteiger partial charge >= 0.3 is 63.3 Å². The molecule has 0 spiro atoms. The van der Waals surface area contributed by atoms with Crippen LogP contribution in [0.4, 0.5) is 79.0 Å². The van der Waals surface area contributed by atoms with E-state index in [1.165, 1.54) is 0 Å². The van der Waals surface area contributed by atoms with Gasteiger partial charge in [-0.2, -0.15) is 79.0 Å². The van der Waals surface area contributed by atoms with Crippen molar-refractivity contribution in [1.82, 2.24) is 0 Å². The Morgan fingerprint density at radius 2 is 0.350 bits per heavy atom. The summed E-state index contributed by atoms with van der Waals surface area (Å²) in [5.74, 6) is -16.2. The Labute approximate surface area is 225 Å². The van der Waals surface area contributed by atoms with Crippen molar-refractivity contribution in [1.29, 1.82) is 0 Å². The molecular weight excluding hydrogens is 827 g/mol. The number of carbonyl (C=O) groups excluding carboxylic acids is 6. The fourth-order valence-electron chi connectivity index (χ4n) is 1.04. The number of Topliss-reactive ketones (excluding diaryl/α,β-unsaturated/α-hetero) is 6. The van der Waals surface area contributed by atoms with Gasteiger partial charge in [0.2, 0.25) is 34.7 Å². The minimum absolute atomic E-state index is 0. The van der Waals surface area contributed by atoms with Gasteiger partial charge in [0.25, 0.3) is 0 Å². The van der Waals surface area contributed by atoms with Crippen LogP contribution >= 0.6 is 0 Å². The molecule has 0 atom stereocenters. The molecule has 0 amide bonds. The standard InChI is InChI=1S/3C5H2F6O2.Bi/c3*6-4(7,8)2(12)1-3(13)5(9,10)11;/h3*1H2;/q;;;+3. The van der Waals surface area contributed by atoms with E-state index >= 15 is 0 Å². The summed E-state index contributed by atoms with van der Waals surface area (Å²) in [6.45, 7) is 0. The Hall–Kier alpha value is -2.36. The molecule has 0 bridgehead atoms. The topological polar surface area (TPSA) is 102 Å². The summed E-state index contributed by atoms with van der Waals surface area (Å²) in [7, 11) is 0. The van der Waals surface area contributed by atoms with E-state index in [2.05, 4.69) is 0 Å². The molecule has 0 rings (SSSR count). The third-order valence-corrected chi connectivity index (χ3v) is 2.86.